The molecule has 10 nitrogen and oxygen atoms in total. The van der Waals surface area contributed by atoms with Crippen LogP contribution in [0.1, 0.15) is 77.7 Å². The highest BCUT2D eigenvalue weighted by Crippen LogP contribution is 2.34. The maximum Gasteiger partial charge on any atom is 0.328 e. The van der Waals surface area contributed by atoms with Gasteiger partial charge in [-0.3, -0.25) is 9.59 Å². The van der Waals surface area contributed by atoms with Gasteiger partial charge in [0.15, 0.2) is 0 Å². The topological polar surface area (TPSA) is 154 Å². The lowest BCUT2D eigenvalue weighted by molar-refractivity contribution is -0.156. The second kappa shape index (κ2) is 18.3. The number of methoxy groups -OCH3 is 1. The Morgan fingerprint density at radius 3 is 2.50 bits per heavy atom. The number of phenolic OH excluding ortho intramolecular Hbond substituents is 2. The summed E-state index contributed by atoms with van der Waals surface area (Å²) in [7, 11) is 1.49. The smallest absolute Gasteiger partial charge is 0.328 e. The number of nitrogens with one attached hydrogen (secondary N) is 2. The van der Waals surface area contributed by atoms with Crippen LogP contribution in [0, 0.1) is 11.8 Å². The Kier molecular flexibility index (Phi) is 14.6. The minimum Gasteiger partial charge on any atom is -0.508 e. The first-order chi connectivity index (χ1) is 22.0. The maximum absolute atomic E-state index is 13.1. The Balaban J connectivity index is 1.82. The number of fused-ring (bicyclic) bond motifs is 2. The van der Waals surface area contributed by atoms with Gasteiger partial charge in [-0.2, -0.15) is 0 Å². The second-order valence-electron chi connectivity index (χ2n) is 12.3. The van der Waals surface area contributed by atoms with Gasteiger partial charge < -0.3 is 35.4 Å². The molecule has 1 fully saturated rings. The molecule has 1 aromatic rings. The van der Waals surface area contributed by atoms with Crippen molar-refractivity contribution in [3.63, 3.8) is 0 Å². The summed E-state index contributed by atoms with van der Waals surface area (Å²) in [6.45, 7) is 5.22. The van der Waals surface area contributed by atoms with E-state index in [1.807, 2.05) is 19.1 Å². The molecule has 10 heteroatoms. The van der Waals surface area contributed by atoms with Crippen molar-refractivity contribution >= 4 is 23.5 Å². The van der Waals surface area contributed by atoms with Crippen molar-refractivity contribution in [1.82, 2.24) is 5.32 Å². The van der Waals surface area contributed by atoms with Crippen LogP contribution in [0.25, 0.3) is 0 Å². The first kappa shape index (κ1) is 36.6. The second-order valence-corrected chi connectivity index (χ2v) is 12.3. The van der Waals surface area contributed by atoms with Crippen LogP contribution in [0.5, 0.6) is 11.5 Å². The number of allylic oxidation sites excluding steroid dienone is 5. The molecule has 2 bridgehead atoms. The molecule has 1 saturated carbocycles. The molecule has 0 spiro atoms. The van der Waals surface area contributed by atoms with E-state index >= 15 is 0 Å². The molecule has 5 atom stereocenters. The maximum atomic E-state index is 13.1. The van der Waals surface area contributed by atoms with Crippen molar-refractivity contribution in [2.45, 2.75) is 103 Å². The zero-order valence-electron chi connectivity index (χ0n) is 27.4. The first-order valence-corrected chi connectivity index (χ1v) is 16.2. The number of aliphatic hydroxyl groups excluding tert-OH is 1. The summed E-state index contributed by atoms with van der Waals surface area (Å²) in [6, 6.07) is 1.89. The predicted octanol–water partition coefficient (Wildman–Crippen LogP) is 5.39. The number of carbonyl (C=O) groups is 3. The monoisotopic (exact) mass is 638 g/mol. The van der Waals surface area contributed by atoms with Crippen molar-refractivity contribution in [2.75, 3.05) is 12.4 Å². The molecule has 46 heavy (non-hydrogen) atoms. The van der Waals surface area contributed by atoms with Gasteiger partial charge in [0, 0.05) is 31.4 Å². The number of aromatic hydroxyl groups is 2. The molecule has 0 aromatic heterocycles. The average molecular weight is 639 g/mol. The van der Waals surface area contributed by atoms with E-state index in [1.165, 1.54) is 19.2 Å². The minimum absolute atomic E-state index is 0.00853. The van der Waals surface area contributed by atoms with Crippen LogP contribution in [-0.4, -0.2) is 64.6 Å². The van der Waals surface area contributed by atoms with E-state index in [1.54, 1.807) is 44.2 Å². The highest BCUT2D eigenvalue weighted by Gasteiger charge is 2.31. The van der Waals surface area contributed by atoms with Crippen LogP contribution in [0.3, 0.4) is 0 Å². The summed E-state index contributed by atoms with van der Waals surface area (Å²) in [5.74, 6) is -1.90. The number of benzene rings is 1. The van der Waals surface area contributed by atoms with Crippen molar-refractivity contribution in [3.05, 3.63) is 65.8 Å². The lowest BCUT2D eigenvalue weighted by atomic mass is 9.88. The fourth-order valence-corrected chi connectivity index (χ4v) is 5.76. The fraction of sp³-hybridized carbons (Fsp3) is 0.528. The number of esters is 1. The molecule has 2 unspecified atom stereocenters. The van der Waals surface area contributed by atoms with Gasteiger partial charge in [0.25, 0.3) is 0 Å². The van der Waals surface area contributed by atoms with Crippen LogP contribution in [0.2, 0.25) is 0 Å². The molecule has 1 aromatic carbocycles. The fourth-order valence-electron chi connectivity index (χ4n) is 5.76. The summed E-state index contributed by atoms with van der Waals surface area (Å²) in [4.78, 5) is 38.6. The summed E-state index contributed by atoms with van der Waals surface area (Å²) >= 11 is 0. The normalized spacial score (nSPS) is 27.8. The van der Waals surface area contributed by atoms with E-state index in [4.69, 9.17) is 9.47 Å². The minimum atomic E-state index is -0.940. The van der Waals surface area contributed by atoms with Gasteiger partial charge in [0.2, 0.25) is 11.8 Å². The highest BCUT2D eigenvalue weighted by molar-refractivity contribution is 5.93. The molecule has 0 saturated heterocycles. The van der Waals surface area contributed by atoms with Gasteiger partial charge in [-0.25, -0.2) is 4.79 Å². The van der Waals surface area contributed by atoms with Gasteiger partial charge in [0.05, 0.1) is 24.3 Å². The number of aliphatic hydroxyl groups is 1. The predicted molar refractivity (Wildman–Crippen MR) is 177 cm³/mol. The number of aryl methyl sites for hydroxylation is 1. The Hall–Kier alpha value is -3.89. The lowest BCUT2D eigenvalue weighted by Crippen LogP contribution is -2.45. The van der Waals surface area contributed by atoms with E-state index in [2.05, 4.69) is 10.6 Å². The van der Waals surface area contributed by atoms with E-state index in [9.17, 15) is 29.7 Å². The van der Waals surface area contributed by atoms with Crippen molar-refractivity contribution in [2.24, 2.45) is 11.8 Å². The number of hydrogen-bond donors (Lipinski definition) is 5. The molecule has 3 rings (SSSR count). The lowest BCUT2D eigenvalue weighted by Gasteiger charge is -2.29. The first-order valence-electron chi connectivity index (χ1n) is 16.2. The van der Waals surface area contributed by atoms with E-state index in [0.29, 0.717) is 30.4 Å². The van der Waals surface area contributed by atoms with Crippen molar-refractivity contribution < 1.29 is 39.2 Å². The molecule has 0 radical (unpaired) electrons. The number of hydrogen-bond acceptors (Lipinski definition) is 8. The molecule has 1 aliphatic carbocycles. The summed E-state index contributed by atoms with van der Waals surface area (Å²) < 4.78 is 11.3. The van der Waals surface area contributed by atoms with Crippen LogP contribution in [0.4, 0.5) is 5.69 Å². The van der Waals surface area contributed by atoms with Crippen LogP contribution in [0.15, 0.2) is 60.2 Å². The molecular formula is C36H50N2O8. The number of anilines is 1. The standard InChI is InChI=1S/C36H50N2O8/c1-23-14-13-17-27-20-28(39)21-30(34(27)42)38-32(40)22-29(45-4)18-11-6-5-7-12-19-31(24(2)33(23)41)46-36(44)25(3)37-35(43)26-15-9-8-10-16-26/h5-7,11-12,14,18,20-21,24-26,29,31,33,39,41-42H,8-10,13,15-17,19,22H2,1-4H3,(H,37,43)(H,38,40)/b6-5+,12-7+,18-11-,23-14+/t24-,25+,29?,31?,33-/m1/s1. The molecular weight excluding hydrogens is 588 g/mol. The third kappa shape index (κ3) is 11.2. The number of phenols is 2. The van der Waals surface area contributed by atoms with Gasteiger partial charge in [-0.1, -0.05) is 68.7 Å². The third-order valence-electron chi connectivity index (χ3n) is 8.69. The van der Waals surface area contributed by atoms with Crippen LogP contribution >= 0.6 is 0 Å². The molecule has 1 heterocycles. The molecule has 2 amide bonds. The number of amides is 2. The summed E-state index contributed by atoms with van der Waals surface area (Å²) in [6.07, 6.45) is 16.2. The Morgan fingerprint density at radius 1 is 1.07 bits per heavy atom. The van der Waals surface area contributed by atoms with Gasteiger partial charge in [0.1, 0.15) is 23.6 Å². The number of carbonyl (C=O) groups excluding carboxylic acids is 3. The number of ether oxygens (including phenoxy) is 2. The van der Waals surface area contributed by atoms with E-state index in [0.717, 1.165) is 32.1 Å². The Labute approximate surface area is 272 Å². The molecule has 1 aliphatic heterocycles. The zero-order chi connectivity index (χ0) is 33.6. The van der Waals surface area contributed by atoms with Gasteiger partial charge in [-0.15, -0.1) is 0 Å². The van der Waals surface area contributed by atoms with Crippen LogP contribution < -0.4 is 10.6 Å². The zero-order valence-corrected chi connectivity index (χ0v) is 27.4. The highest BCUT2D eigenvalue weighted by atomic mass is 16.5. The average Bonchev–Trinajstić information content (AvgIpc) is 3.04. The third-order valence-corrected chi connectivity index (χ3v) is 8.69. The van der Waals surface area contributed by atoms with E-state index in [-0.39, 0.29) is 35.4 Å². The Morgan fingerprint density at radius 2 is 1.78 bits per heavy atom. The van der Waals surface area contributed by atoms with Crippen LogP contribution in [-0.2, 0) is 30.3 Å². The summed E-state index contributed by atoms with van der Waals surface area (Å²) in [5, 5.41) is 37.8. The molecule has 252 valence electrons. The quantitative estimate of drug-likeness (QED) is 0.125. The number of rotatable bonds is 5. The summed E-state index contributed by atoms with van der Waals surface area (Å²) in [5.41, 5.74) is 1.19. The molecule has 2 aliphatic rings. The largest absolute Gasteiger partial charge is 0.508 e. The van der Waals surface area contributed by atoms with Gasteiger partial charge >= 0.3 is 5.97 Å². The van der Waals surface area contributed by atoms with Gasteiger partial charge in [-0.05, 0) is 56.7 Å². The van der Waals surface area contributed by atoms with E-state index < -0.39 is 42.1 Å². The molecule has 5 N–H and O–H groups in total. The SMILES string of the molecule is COC1\C=C/C=C/C=C/CC(OC(=O)[C@H](C)NC(=O)C2CCCCC2)[C@@H](C)[C@H](O)/C(C)=C/CCc2cc(O)cc(c2O)NC(=O)C1. The Bertz CT molecular complexity index is 1310. The van der Waals surface area contributed by atoms with Crippen molar-refractivity contribution in [3.8, 4) is 11.5 Å². The van der Waals surface area contributed by atoms with Crippen molar-refractivity contribution in [1.29, 1.82) is 0 Å².